The molecule has 0 aliphatic heterocycles. The molecule has 2 N–H and O–H groups in total. The molecule has 2 rings (SSSR count). The molecule has 0 fully saturated rings. The molecule has 0 unspecified atom stereocenters. The topological polar surface area (TPSA) is 54.0 Å². The number of pyridine rings is 1. The van der Waals surface area contributed by atoms with Crippen LogP contribution in [0, 0.1) is 5.92 Å². The van der Waals surface area contributed by atoms with E-state index in [1.54, 1.807) is 6.07 Å². The first-order chi connectivity index (χ1) is 11.7. The van der Waals surface area contributed by atoms with Crippen molar-refractivity contribution in [1.82, 2.24) is 4.98 Å². The van der Waals surface area contributed by atoms with Crippen LogP contribution in [0.25, 0.3) is 0 Å². The van der Waals surface area contributed by atoms with E-state index in [2.05, 4.69) is 15.6 Å². The minimum absolute atomic E-state index is 0.00966. The first-order valence-corrected chi connectivity index (χ1v) is 7.92. The standard InChI is InChI=1S/C17H17ClF3N3O/c1-10(2)9-23-12-5-6-22-15(8-12)16(25)24-14-7-11(17(19,20)21)3-4-13(14)18/h3-8,10H,9H2,1-2H3,(H,22,23)(H,24,25). The molecule has 25 heavy (non-hydrogen) atoms. The third kappa shape index (κ3) is 5.35. The maximum Gasteiger partial charge on any atom is 0.416 e. The molecule has 0 aliphatic rings. The summed E-state index contributed by atoms with van der Waals surface area (Å²) in [6, 6.07) is 5.97. The first-order valence-electron chi connectivity index (χ1n) is 7.55. The van der Waals surface area contributed by atoms with Gasteiger partial charge in [-0.15, -0.1) is 0 Å². The van der Waals surface area contributed by atoms with Crippen LogP contribution in [0.4, 0.5) is 24.5 Å². The predicted molar refractivity (Wildman–Crippen MR) is 92.0 cm³/mol. The van der Waals surface area contributed by atoms with Crippen LogP contribution in [0.3, 0.4) is 0 Å². The lowest BCUT2D eigenvalue weighted by Gasteiger charge is -2.12. The van der Waals surface area contributed by atoms with Crippen molar-refractivity contribution in [2.75, 3.05) is 17.2 Å². The summed E-state index contributed by atoms with van der Waals surface area (Å²) in [5.41, 5.74) is -0.248. The second-order valence-corrected chi connectivity index (χ2v) is 6.26. The number of amides is 1. The second kappa shape index (κ2) is 7.74. The van der Waals surface area contributed by atoms with Crippen molar-refractivity contribution in [2.24, 2.45) is 5.92 Å². The molecule has 4 nitrogen and oxygen atoms in total. The molecule has 1 aromatic heterocycles. The highest BCUT2D eigenvalue weighted by molar-refractivity contribution is 6.33. The van der Waals surface area contributed by atoms with Gasteiger partial charge in [-0.1, -0.05) is 25.4 Å². The largest absolute Gasteiger partial charge is 0.416 e. The third-order valence-electron chi connectivity index (χ3n) is 3.25. The molecule has 0 saturated heterocycles. The molecule has 0 saturated carbocycles. The monoisotopic (exact) mass is 371 g/mol. The van der Waals surface area contributed by atoms with Crippen LogP contribution in [0.15, 0.2) is 36.5 Å². The van der Waals surface area contributed by atoms with E-state index in [4.69, 9.17) is 11.6 Å². The van der Waals surface area contributed by atoms with Gasteiger partial charge in [-0.3, -0.25) is 9.78 Å². The van der Waals surface area contributed by atoms with E-state index >= 15 is 0 Å². The summed E-state index contributed by atoms with van der Waals surface area (Å²) >= 11 is 5.88. The van der Waals surface area contributed by atoms with Crippen molar-refractivity contribution < 1.29 is 18.0 Å². The van der Waals surface area contributed by atoms with Crippen molar-refractivity contribution in [2.45, 2.75) is 20.0 Å². The van der Waals surface area contributed by atoms with Crippen LogP contribution in [-0.4, -0.2) is 17.4 Å². The summed E-state index contributed by atoms with van der Waals surface area (Å²) in [6.45, 7) is 4.79. The number of benzene rings is 1. The Bertz CT molecular complexity index is 763. The van der Waals surface area contributed by atoms with E-state index in [0.29, 0.717) is 18.2 Å². The summed E-state index contributed by atoms with van der Waals surface area (Å²) in [4.78, 5) is 16.2. The highest BCUT2D eigenvalue weighted by Crippen LogP contribution is 2.33. The van der Waals surface area contributed by atoms with Crippen LogP contribution in [0.1, 0.15) is 29.9 Å². The van der Waals surface area contributed by atoms with Gasteiger partial charge in [0.25, 0.3) is 5.91 Å². The van der Waals surface area contributed by atoms with Gasteiger partial charge < -0.3 is 10.6 Å². The molecule has 0 radical (unpaired) electrons. The van der Waals surface area contributed by atoms with Gasteiger partial charge in [0.05, 0.1) is 16.3 Å². The highest BCUT2D eigenvalue weighted by Gasteiger charge is 2.31. The molecule has 2 aromatic rings. The normalized spacial score (nSPS) is 11.5. The minimum atomic E-state index is -4.52. The zero-order valence-corrected chi connectivity index (χ0v) is 14.4. The molecule has 0 bridgehead atoms. The highest BCUT2D eigenvalue weighted by atomic mass is 35.5. The Balaban J connectivity index is 2.18. The summed E-state index contributed by atoms with van der Waals surface area (Å²) < 4.78 is 38.4. The number of nitrogens with zero attached hydrogens (tertiary/aromatic N) is 1. The predicted octanol–water partition coefficient (Wildman–Crippen LogP) is 5.07. The Hall–Kier alpha value is -2.28. The number of hydrogen-bond donors (Lipinski definition) is 2. The fourth-order valence-electron chi connectivity index (χ4n) is 1.97. The average Bonchev–Trinajstić information content (AvgIpc) is 2.54. The smallest absolute Gasteiger partial charge is 0.385 e. The van der Waals surface area contributed by atoms with Gasteiger partial charge in [-0.25, -0.2) is 0 Å². The number of anilines is 2. The summed E-state index contributed by atoms with van der Waals surface area (Å²) in [7, 11) is 0. The summed E-state index contributed by atoms with van der Waals surface area (Å²) in [5, 5.41) is 5.53. The molecule has 1 aromatic carbocycles. The Kier molecular flexibility index (Phi) is 5.89. The number of hydrogen-bond acceptors (Lipinski definition) is 3. The Morgan fingerprint density at radius 2 is 1.96 bits per heavy atom. The average molecular weight is 372 g/mol. The van der Waals surface area contributed by atoms with Crippen LogP contribution in [-0.2, 0) is 6.18 Å². The lowest BCUT2D eigenvalue weighted by Crippen LogP contribution is -2.16. The number of alkyl halides is 3. The van der Waals surface area contributed by atoms with Crippen LogP contribution >= 0.6 is 11.6 Å². The second-order valence-electron chi connectivity index (χ2n) is 5.85. The van der Waals surface area contributed by atoms with Gasteiger partial charge in [-0.2, -0.15) is 13.2 Å². The van der Waals surface area contributed by atoms with E-state index in [-0.39, 0.29) is 16.4 Å². The molecule has 0 aliphatic carbocycles. The SMILES string of the molecule is CC(C)CNc1ccnc(C(=O)Nc2cc(C(F)(F)F)ccc2Cl)c1. The molecule has 134 valence electrons. The zero-order valence-electron chi connectivity index (χ0n) is 13.6. The Labute approximate surface area is 148 Å². The number of halogens is 4. The summed E-state index contributed by atoms with van der Waals surface area (Å²) in [5.74, 6) is -0.233. The number of nitrogens with one attached hydrogen (secondary N) is 2. The molecule has 1 amide bonds. The van der Waals surface area contributed by atoms with E-state index in [1.807, 2.05) is 13.8 Å². The van der Waals surface area contributed by atoms with E-state index < -0.39 is 17.6 Å². The summed E-state index contributed by atoms with van der Waals surface area (Å²) in [6.07, 6.45) is -3.08. The lowest BCUT2D eigenvalue weighted by molar-refractivity contribution is -0.137. The zero-order chi connectivity index (χ0) is 18.6. The van der Waals surface area contributed by atoms with Crippen molar-refractivity contribution in [3.8, 4) is 0 Å². The van der Waals surface area contributed by atoms with Crippen LogP contribution < -0.4 is 10.6 Å². The maximum absolute atomic E-state index is 12.8. The van der Waals surface area contributed by atoms with Crippen molar-refractivity contribution in [3.63, 3.8) is 0 Å². The molecule has 1 heterocycles. The number of carbonyl (C=O) groups is 1. The maximum atomic E-state index is 12.8. The third-order valence-corrected chi connectivity index (χ3v) is 3.58. The molecule has 0 spiro atoms. The molecule has 8 heteroatoms. The van der Waals surface area contributed by atoms with Crippen LogP contribution in [0.2, 0.25) is 5.02 Å². The van der Waals surface area contributed by atoms with E-state index in [1.165, 1.54) is 12.3 Å². The molecular formula is C17H17ClF3N3O. The van der Waals surface area contributed by atoms with Crippen molar-refractivity contribution >= 4 is 28.9 Å². The first kappa shape index (κ1) is 19.1. The fourth-order valence-corrected chi connectivity index (χ4v) is 2.14. The quantitative estimate of drug-likeness (QED) is 0.771. The Morgan fingerprint density at radius 3 is 2.60 bits per heavy atom. The lowest BCUT2D eigenvalue weighted by atomic mass is 10.2. The van der Waals surface area contributed by atoms with Crippen molar-refractivity contribution in [3.05, 3.63) is 52.8 Å². The van der Waals surface area contributed by atoms with Gasteiger partial charge in [0.15, 0.2) is 0 Å². The minimum Gasteiger partial charge on any atom is -0.385 e. The van der Waals surface area contributed by atoms with Gasteiger partial charge in [0.2, 0.25) is 0 Å². The number of rotatable bonds is 5. The molecule has 0 atom stereocenters. The van der Waals surface area contributed by atoms with E-state index in [0.717, 1.165) is 18.2 Å². The van der Waals surface area contributed by atoms with Gasteiger partial charge in [0.1, 0.15) is 5.69 Å². The van der Waals surface area contributed by atoms with Gasteiger partial charge >= 0.3 is 6.18 Å². The van der Waals surface area contributed by atoms with Crippen molar-refractivity contribution in [1.29, 1.82) is 0 Å². The van der Waals surface area contributed by atoms with Gasteiger partial charge in [0, 0.05) is 18.4 Å². The van der Waals surface area contributed by atoms with E-state index in [9.17, 15) is 18.0 Å². The Morgan fingerprint density at radius 1 is 1.24 bits per heavy atom. The van der Waals surface area contributed by atoms with Gasteiger partial charge in [-0.05, 0) is 36.2 Å². The van der Waals surface area contributed by atoms with Crippen LogP contribution in [0.5, 0.6) is 0 Å². The number of aromatic nitrogens is 1. The molecular weight excluding hydrogens is 355 g/mol. The number of carbonyl (C=O) groups excluding carboxylic acids is 1. The fraction of sp³-hybridized carbons (Fsp3) is 0.294.